The van der Waals surface area contributed by atoms with Crippen LogP contribution in [-0.4, -0.2) is 50.1 Å². The van der Waals surface area contributed by atoms with Crippen molar-refractivity contribution in [2.45, 2.75) is 43.1 Å². The van der Waals surface area contributed by atoms with E-state index in [-0.39, 0.29) is 5.91 Å². The average Bonchev–Trinajstić information content (AvgIpc) is 3.51. The molecule has 3 heterocycles. The molecule has 1 fully saturated rings. The van der Waals surface area contributed by atoms with E-state index in [1.54, 1.807) is 27.4 Å². The Labute approximate surface area is 182 Å². The van der Waals surface area contributed by atoms with Crippen molar-refractivity contribution in [3.8, 4) is 0 Å². The molecule has 1 atom stereocenters. The topological polar surface area (TPSA) is 79.3 Å². The Morgan fingerprint density at radius 3 is 2.55 bits per heavy atom. The number of fused-ring (bicyclic) bond motifs is 1. The van der Waals surface area contributed by atoms with Gasteiger partial charge in [-0.25, -0.2) is 8.42 Å². The zero-order valence-corrected chi connectivity index (χ0v) is 18.1. The molecule has 1 amide bonds. The quantitative estimate of drug-likeness (QED) is 0.734. The summed E-state index contributed by atoms with van der Waals surface area (Å²) in [6.07, 6.45) is 3.11. The van der Waals surface area contributed by atoms with Gasteiger partial charge in [0.15, 0.2) is 0 Å². The first kappa shape index (κ1) is 20.2. The molecule has 0 N–H and O–H groups in total. The lowest BCUT2D eigenvalue weighted by Crippen LogP contribution is -2.42. The van der Waals surface area contributed by atoms with Gasteiger partial charge in [0, 0.05) is 31.7 Å². The summed E-state index contributed by atoms with van der Waals surface area (Å²) in [5.74, 6) is -0.134. The fraction of sp³-hybridized carbons (Fsp3) is 0.391. The van der Waals surface area contributed by atoms with Gasteiger partial charge in [-0.15, -0.1) is 0 Å². The number of benzene rings is 2. The lowest BCUT2D eigenvalue weighted by molar-refractivity contribution is -0.128. The van der Waals surface area contributed by atoms with Gasteiger partial charge in [0.05, 0.1) is 10.6 Å². The Morgan fingerprint density at radius 1 is 1.00 bits per heavy atom. The normalized spacial score (nSPS) is 21.5. The lowest BCUT2D eigenvalue weighted by atomic mass is 9.99. The molecule has 162 valence electrons. The molecule has 3 aliphatic rings. The van der Waals surface area contributed by atoms with Gasteiger partial charge in [0.2, 0.25) is 16.1 Å². The molecule has 0 saturated carbocycles. The average molecular weight is 440 g/mol. The van der Waals surface area contributed by atoms with Gasteiger partial charge in [-0.05, 0) is 55.0 Å². The second kappa shape index (κ2) is 8.09. The van der Waals surface area contributed by atoms with Crippen LogP contribution in [0, 0.1) is 0 Å². The molecule has 0 aromatic heterocycles. The number of oxime groups is 1. The van der Waals surface area contributed by atoms with Crippen molar-refractivity contribution in [3.05, 3.63) is 59.7 Å². The highest BCUT2D eigenvalue weighted by molar-refractivity contribution is 7.89. The molecule has 7 nitrogen and oxygen atoms in total. The molecule has 0 aliphatic carbocycles. The highest BCUT2D eigenvalue weighted by atomic mass is 32.2. The van der Waals surface area contributed by atoms with Crippen LogP contribution in [0.25, 0.3) is 0 Å². The second-order valence-electron chi connectivity index (χ2n) is 8.20. The number of amides is 1. The van der Waals surface area contributed by atoms with Crippen LogP contribution in [0.5, 0.6) is 0 Å². The highest BCUT2D eigenvalue weighted by Gasteiger charge is 2.35. The Bertz CT molecular complexity index is 1120. The molecule has 5 rings (SSSR count). The first-order valence-corrected chi connectivity index (χ1v) is 12.2. The molecule has 0 radical (unpaired) electrons. The van der Waals surface area contributed by atoms with E-state index in [0.29, 0.717) is 31.0 Å². The van der Waals surface area contributed by atoms with E-state index in [1.165, 1.54) is 0 Å². The van der Waals surface area contributed by atoms with Crippen molar-refractivity contribution in [1.82, 2.24) is 4.31 Å². The monoisotopic (exact) mass is 439 g/mol. The number of hydrogen-bond donors (Lipinski definition) is 0. The van der Waals surface area contributed by atoms with Gasteiger partial charge < -0.3 is 9.74 Å². The van der Waals surface area contributed by atoms with Gasteiger partial charge in [-0.1, -0.05) is 35.5 Å². The van der Waals surface area contributed by atoms with E-state index in [2.05, 4.69) is 5.16 Å². The van der Waals surface area contributed by atoms with Crippen LogP contribution in [-0.2, 0) is 26.1 Å². The molecule has 1 saturated heterocycles. The summed E-state index contributed by atoms with van der Waals surface area (Å²) >= 11 is 0. The van der Waals surface area contributed by atoms with Crippen LogP contribution in [0.4, 0.5) is 5.69 Å². The number of carbonyl (C=O) groups excluding carboxylic acids is 1. The third-order valence-electron chi connectivity index (χ3n) is 6.19. The predicted molar refractivity (Wildman–Crippen MR) is 118 cm³/mol. The Balaban J connectivity index is 1.35. The van der Waals surface area contributed by atoms with Gasteiger partial charge in [-0.2, -0.15) is 4.31 Å². The van der Waals surface area contributed by atoms with Crippen LogP contribution in [0.15, 0.2) is 58.6 Å². The Morgan fingerprint density at radius 2 is 1.77 bits per heavy atom. The largest absolute Gasteiger partial charge is 0.382 e. The summed E-state index contributed by atoms with van der Waals surface area (Å²) in [6.45, 7) is 1.74. The maximum atomic E-state index is 13.2. The van der Waals surface area contributed by atoms with Crippen LogP contribution in [0.2, 0.25) is 0 Å². The fourth-order valence-corrected chi connectivity index (χ4v) is 6.09. The molecule has 2 aromatic carbocycles. The number of hydrogen-bond acceptors (Lipinski definition) is 5. The van der Waals surface area contributed by atoms with E-state index < -0.39 is 16.1 Å². The van der Waals surface area contributed by atoms with Crippen molar-refractivity contribution >= 4 is 27.3 Å². The van der Waals surface area contributed by atoms with E-state index in [0.717, 1.165) is 48.2 Å². The van der Waals surface area contributed by atoms with Crippen molar-refractivity contribution in [2.75, 3.05) is 24.5 Å². The highest BCUT2D eigenvalue weighted by Crippen LogP contribution is 2.32. The molecule has 8 heteroatoms. The van der Waals surface area contributed by atoms with Crippen molar-refractivity contribution < 1.29 is 18.0 Å². The zero-order chi connectivity index (χ0) is 21.4. The predicted octanol–water partition coefficient (Wildman–Crippen LogP) is 2.94. The van der Waals surface area contributed by atoms with Crippen LogP contribution < -0.4 is 4.90 Å². The zero-order valence-electron chi connectivity index (χ0n) is 17.2. The number of anilines is 1. The van der Waals surface area contributed by atoms with E-state index in [9.17, 15) is 13.2 Å². The van der Waals surface area contributed by atoms with Crippen molar-refractivity contribution in [3.63, 3.8) is 0 Å². The summed E-state index contributed by atoms with van der Waals surface area (Å²) in [5, 5.41) is 4.13. The molecule has 0 bridgehead atoms. The van der Waals surface area contributed by atoms with Crippen LogP contribution >= 0.6 is 0 Å². The van der Waals surface area contributed by atoms with Gasteiger partial charge in [0.25, 0.3) is 5.91 Å². The molecular weight excluding hydrogens is 414 g/mol. The standard InChI is InChI=1S/C23H25N3O4S/c27-23(22-16-20(24-30-22)17-7-2-1-3-8-17)26-14-6-9-18-15-19(10-11-21(18)26)31(28,29)25-12-4-5-13-25/h1-3,7-8,10-11,15,22H,4-6,9,12-14,16H2. The third kappa shape index (κ3) is 3.74. The minimum atomic E-state index is -3.48. The van der Waals surface area contributed by atoms with E-state index in [1.807, 2.05) is 30.3 Å². The van der Waals surface area contributed by atoms with Crippen molar-refractivity contribution in [1.29, 1.82) is 0 Å². The summed E-state index contributed by atoms with van der Waals surface area (Å²) in [6, 6.07) is 14.8. The molecule has 0 spiro atoms. The summed E-state index contributed by atoms with van der Waals surface area (Å²) in [4.78, 5) is 20.8. The fourth-order valence-electron chi connectivity index (χ4n) is 4.53. The summed E-state index contributed by atoms with van der Waals surface area (Å²) < 4.78 is 27.4. The van der Waals surface area contributed by atoms with Gasteiger partial charge in [0.1, 0.15) is 0 Å². The molecular formula is C23H25N3O4S. The maximum absolute atomic E-state index is 13.2. The minimum Gasteiger partial charge on any atom is -0.382 e. The summed E-state index contributed by atoms with van der Waals surface area (Å²) in [5.41, 5.74) is 3.38. The first-order chi connectivity index (χ1) is 15.0. The number of sulfonamides is 1. The molecule has 31 heavy (non-hydrogen) atoms. The number of rotatable bonds is 4. The van der Waals surface area contributed by atoms with E-state index in [4.69, 9.17) is 4.84 Å². The van der Waals surface area contributed by atoms with Crippen LogP contribution in [0.3, 0.4) is 0 Å². The Kier molecular flexibility index (Phi) is 5.27. The third-order valence-corrected chi connectivity index (χ3v) is 8.08. The maximum Gasteiger partial charge on any atom is 0.271 e. The second-order valence-corrected chi connectivity index (χ2v) is 10.1. The number of nitrogens with zero attached hydrogens (tertiary/aromatic N) is 3. The molecule has 1 unspecified atom stereocenters. The Hall–Kier alpha value is -2.71. The van der Waals surface area contributed by atoms with Crippen molar-refractivity contribution in [2.24, 2.45) is 5.16 Å². The number of aryl methyl sites for hydroxylation is 1. The number of carbonyl (C=O) groups is 1. The SMILES string of the molecule is O=C(C1CC(c2ccccc2)=NO1)N1CCCc2cc(S(=O)(=O)N3CCCC3)ccc21. The van der Waals surface area contributed by atoms with Gasteiger partial charge >= 0.3 is 0 Å². The minimum absolute atomic E-state index is 0.134. The summed E-state index contributed by atoms with van der Waals surface area (Å²) in [7, 11) is -3.48. The lowest BCUT2D eigenvalue weighted by Gasteiger charge is -2.31. The van der Waals surface area contributed by atoms with Crippen LogP contribution in [0.1, 0.15) is 36.8 Å². The van der Waals surface area contributed by atoms with Gasteiger partial charge in [-0.3, -0.25) is 4.79 Å². The smallest absolute Gasteiger partial charge is 0.271 e. The first-order valence-electron chi connectivity index (χ1n) is 10.8. The molecule has 3 aliphatic heterocycles. The van der Waals surface area contributed by atoms with E-state index >= 15 is 0 Å². The molecule has 2 aromatic rings.